The van der Waals surface area contributed by atoms with Gasteiger partial charge in [0.25, 0.3) is 0 Å². The Morgan fingerprint density at radius 3 is 1.46 bits per heavy atom. The standard InChI is InChI=1S/C26H34O8S/c1-3-5-7-9-15-33-25(29)19-11-13-21(27)23(17-19)35(31,32)24-18-20(12-14-22(24)28)26(30)34-16-10-8-6-4-2/h11-14,17-18,27-28H,3-10,15-16H2,1-2H3. The molecule has 0 fully saturated rings. The summed E-state index contributed by atoms with van der Waals surface area (Å²) in [6.45, 7) is 4.53. The van der Waals surface area contributed by atoms with Crippen LogP contribution in [0.25, 0.3) is 0 Å². The fraction of sp³-hybridized carbons (Fsp3) is 0.462. The van der Waals surface area contributed by atoms with E-state index >= 15 is 0 Å². The van der Waals surface area contributed by atoms with Gasteiger partial charge in [0.05, 0.1) is 24.3 Å². The molecule has 0 spiro atoms. The summed E-state index contributed by atoms with van der Waals surface area (Å²) in [6.07, 6.45) is 7.33. The molecular weight excluding hydrogens is 472 g/mol. The van der Waals surface area contributed by atoms with Gasteiger partial charge in [0.1, 0.15) is 21.3 Å². The topological polar surface area (TPSA) is 127 Å². The number of benzene rings is 2. The summed E-state index contributed by atoms with van der Waals surface area (Å²) >= 11 is 0. The van der Waals surface area contributed by atoms with Crippen LogP contribution in [-0.2, 0) is 19.3 Å². The summed E-state index contributed by atoms with van der Waals surface area (Å²) in [7, 11) is -4.49. The van der Waals surface area contributed by atoms with E-state index in [1.807, 2.05) is 0 Å². The van der Waals surface area contributed by atoms with Crippen molar-refractivity contribution in [2.75, 3.05) is 13.2 Å². The number of unbranched alkanes of at least 4 members (excludes halogenated alkanes) is 6. The van der Waals surface area contributed by atoms with Crippen molar-refractivity contribution in [1.29, 1.82) is 0 Å². The van der Waals surface area contributed by atoms with Crippen LogP contribution in [0.3, 0.4) is 0 Å². The van der Waals surface area contributed by atoms with E-state index in [1.165, 1.54) is 12.1 Å². The molecule has 0 saturated heterocycles. The quantitative estimate of drug-likeness (QED) is 0.257. The van der Waals surface area contributed by atoms with Crippen LogP contribution in [0.5, 0.6) is 11.5 Å². The monoisotopic (exact) mass is 506 g/mol. The highest BCUT2D eigenvalue weighted by atomic mass is 32.2. The van der Waals surface area contributed by atoms with E-state index in [-0.39, 0.29) is 24.3 Å². The Morgan fingerprint density at radius 1 is 0.686 bits per heavy atom. The number of esters is 2. The van der Waals surface area contributed by atoms with E-state index in [1.54, 1.807) is 0 Å². The van der Waals surface area contributed by atoms with E-state index in [9.17, 15) is 28.2 Å². The van der Waals surface area contributed by atoms with Gasteiger partial charge in [-0.1, -0.05) is 52.4 Å². The first-order chi connectivity index (χ1) is 16.7. The minimum absolute atomic E-state index is 0.0565. The highest BCUT2D eigenvalue weighted by molar-refractivity contribution is 7.91. The number of hydrogen-bond donors (Lipinski definition) is 2. The van der Waals surface area contributed by atoms with Gasteiger partial charge in [0.15, 0.2) is 0 Å². The van der Waals surface area contributed by atoms with Crippen LogP contribution in [0.1, 0.15) is 85.9 Å². The second-order valence-electron chi connectivity index (χ2n) is 8.26. The van der Waals surface area contributed by atoms with Crippen molar-refractivity contribution in [1.82, 2.24) is 0 Å². The van der Waals surface area contributed by atoms with Crippen molar-refractivity contribution in [3.8, 4) is 11.5 Å². The summed E-state index contributed by atoms with van der Waals surface area (Å²) < 4.78 is 36.9. The smallest absolute Gasteiger partial charge is 0.338 e. The molecule has 2 aromatic rings. The van der Waals surface area contributed by atoms with Gasteiger partial charge in [0.2, 0.25) is 9.84 Å². The van der Waals surface area contributed by atoms with E-state index in [0.717, 1.165) is 62.8 Å². The van der Waals surface area contributed by atoms with Crippen molar-refractivity contribution in [2.45, 2.75) is 75.0 Å². The van der Waals surface area contributed by atoms with E-state index in [0.29, 0.717) is 12.8 Å². The molecule has 9 heteroatoms. The molecule has 0 bridgehead atoms. The maximum Gasteiger partial charge on any atom is 0.338 e. The molecule has 2 N–H and O–H groups in total. The molecule has 192 valence electrons. The second kappa shape index (κ2) is 13.7. The molecule has 0 unspecified atom stereocenters. The summed E-state index contributed by atoms with van der Waals surface area (Å²) in [5, 5.41) is 20.5. The van der Waals surface area contributed by atoms with Crippen molar-refractivity contribution in [3.63, 3.8) is 0 Å². The van der Waals surface area contributed by atoms with Gasteiger partial charge in [-0.2, -0.15) is 0 Å². The summed E-state index contributed by atoms with van der Waals surface area (Å²) in [6, 6.07) is 6.66. The lowest BCUT2D eigenvalue weighted by atomic mass is 10.2. The molecule has 8 nitrogen and oxygen atoms in total. The first-order valence-corrected chi connectivity index (χ1v) is 13.5. The molecule has 0 aromatic heterocycles. The lowest BCUT2D eigenvalue weighted by Crippen LogP contribution is -2.11. The number of ether oxygens (including phenoxy) is 2. The Morgan fingerprint density at radius 2 is 1.09 bits per heavy atom. The normalized spacial score (nSPS) is 11.3. The first-order valence-electron chi connectivity index (χ1n) is 12.0. The van der Waals surface area contributed by atoms with Gasteiger partial charge in [-0.15, -0.1) is 0 Å². The lowest BCUT2D eigenvalue weighted by Gasteiger charge is -2.12. The Bertz CT molecular complexity index is 1030. The number of carbonyl (C=O) groups is 2. The average molecular weight is 507 g/mol. The molecule has 0 amide bonds. The SMILES string of the molecule is CCCCCCOC(=O)c1ccc(O)c(S(=O)(=O)c2cc(C(=O)OCCCCCC)ccc2O)c1. The molecule has 2 rings (SSSR count). The van der Waals surface area contributed by atoms with Gasteiger partial charge < -0.3 is 19.7 Å². The Labute approximate surface area is 206 Å². The van der Waals surface area contributed by atoms with E-state index < -0.39 is 43.1 Å². The first kappa shape index (κ1) is 28.2. The van der Waals surface area contributed by atoms with Gasteiger partial charge in [-0.3, -0.25) is 0 Å². The molecule has 35 heavy (non-hydrogen) atoms. The number of hydrogen-bond acceptors (Lipinski definition) is 8. The van der Waals surface area contributed by atoms with Gasteiger partial charge >= 0.3 is 11.9 Å². The number of carbonyl (C=O) groups excluding carboxylic acids is 2. The molecule has 0 aliphatic carbocycles. The number of sulfone groups is 1. The fourth-order valence-corrected chi connectivity index (χ4v) is 4.87. The van der Waals surface area contributed by atoms with Crippen LogP contribution in [0.4, 0.5) is 0 Å². The number of rotatable bonds is 14. The maximum atomic E-state index is 13.3. The van der Waals surface area contributed by atoms with Crippen LogP contribution >= 0.6 is 0 Å². The maximum absolute atomic E-state index is 13.3. The van der Waals surface area contributed by atoms with Crippen LogP contribution in [0.15, 0.2) is 46.2 Å². The lowest BCUT2D eigenvalue weighted by molar-refractivity contribution is 0.0488. The number of aromatic hydroxyl groups is 2. The minimum atomic E-state index is -4.49. The van der Waals surface area contributed by atoms with Crippen LogP contribution in [-0.4, -0.2) is 43.8 Å². The molecule has 2 aromatic carbocycles. The highest BCUT2D eigenvalue weighted by Crippen LogP contribution is 2.34. The molecule has 0 atom stereocenters. The van der Waals surface area contributed by atoms with Gasteiger partial charge in [-0.05, 0) is 49.2 Å². The number of phenols is 2. The van der Waals surface area contributed by atoms with Crippen LogP contribution < -0.4 is 0 Å². The van der Waals surface area contributed by atoms with Crippen molar-refractivity contribution >= 4 is 21.8 Å². The largest absolute Gasteiger partial charge is 0.507 e. The Kier molecular flexibility index (Phi) is 11.0. The average Bonchev–Trinajstić information content (AvgIpc) is 2.83. The van der Waals surface area contributed by atoms with Gasteiger partial charge in [0, 0.05) is 0 Å². The Balaban J connectivity index is 2.23. The second-order valence-corrected chi connectivity index (χ2v) is 10.1. The summed E-state index contributed by atoms with van der Waals surface area (Å²) in [5.74, 6) is -2.65. The van der Waals surface area contributed by atoms with Crippen molar-refractivity contribution in [3.05, 3.63) is 47.5 Å². The van der Waals surface area contributed by atoms with Crippen molar-refractivity contribution < 1.29 is 37.7 Å². The van der Waals surface area contributed by atoms with E-state index in [2.05, 4.69) is 13.8 Å². The third-order valence-electron chi connectivity index (χ3n) is 5.43. The van der Waals surface area contributed by atoms with Crippen molar-refractivity contribution in [2.24, 2.45) is 0 Å². The number of phenolic OH excluding ortho intramolecular Hbond substituents is 2. The third-order valence-corrected chi connectivity index (χ3v) is 7.24. The van der Waals surface area contributed by atoms with Crippen LogP contribution in [0.2, 0.25) is 0 Å². The highest BCUT2D eigenvalue weighted by Gasteiger charge is 2.27. The predicted octanol–water partition coefficient (Wildman–Crippen LogP) is 5.40. The zero-order chi connectivity index (χ0) is 25.8. The molecule has 0 saturated carbocycles. The Hall–Kier alpha value is -3.07. The zero-order valence-electron chi connectivity index (χ0n) is 20.3. The zero-order valence-corrected chi connectivity index (χ0v) is 21.1. The summed E-state index contributed by atoms with van der Waals surface area (Å²) in [4.78, 5) is 23.6. The van der Waals surface area contributed by atoms with E-state index in [4.69, 9.17) is 9.47 Å². The molecule has 0 aliphatic heterocycles. The van der Waals surface area contributed by atoms with Crippen LogP contribution in [0, 0.1) is 0 Å². The van der Waals surface area contributed by atoms with Gasteiger partial charge in [-0.25, -0.2) is 18.0 Å². The molecule has 0 heterocycles. The molecule has 0 aliphatic rings. The minimum Gasteiger partial charge on any atom is -0.507 e. The fourth-order valence-electron chi connectivity index (χ4n) is 3.39. The summed E-state index contributed by atoms with van der Waals surface area (Å²) in [5.41, 5.74) is -0.113. The third kappa shape index (κ3) is 7.99. The molecular formula is C26H34O8S. The molecule has 0 radical (unpaired) electrons. The predicted molar refractivity (Wildman–Crippen MR) is 131 cm³/mol.